The molecule has 0 aliphatic heterocycles. The van der Waals surface area contributed by atoms with E-state index in [1.54, 1.807) is 0 Å². The van der Waals surface area contributed by atoms with Gasteiger partial charge >= 0.3 is 0 Å². The Balaban J connectivity index is 2.36. The zero-order valence-corrected chi connectivity index (χ0v) is 7.46. The van der Waals surface area contributed by atoms with Crippen molar-refractivity contribution in [3.05, 3.63) is 35.4 Å². The second-order valence-electron chi connectivity index (χ2n) is 3.71. The van der Waals surface area contributed by atoms with E-state index < -0.39 is 5.54 Å². The molecule has 0 saturated carbocycles. The van der Waals surface area contributed by atoms with Gasteiger partial charge in [0.2, 0.25) is 0 Å². The number of benzene rings is 1. The molecule has 2 nitrogen and oxygen atoms in total. The first kappa shape index (κ1) is 8.28. The molecule has 13 heavy (non-hydrogen) atoms. The van der Waals surface area contributed by atoms with Crippen molar-refractivity contribution < 1.29 is 0 Å². The van der Waals surface area contributed by atoms with Gasteiger partial charge in [-0.3, -0.25) is 0 Å². The maximum absolute atomic E-state index is 8.90. The number of hydrogen-bond acceptors (Lipinski definition) is 2. The third-order valence-electron chi connectivity index (χ3n) is 2.69. The summed E-state index contributed by atoms with van der Waals surface area (Å²) in [6, 6.07) is 10.4. The molecule has 1 aromatic carbocycles. The van der Waals surface area contributed by atoms with Crippen molar-refractivity contribution >= 4 is 0 Å². The van der Waals surface area contributed by atoms with Crippen LogP contribution in [-0.2, 0) is 12.8 Å². The molecule has 0 heterocycles. The minimum absolute atomic E-state index is 0.631. The molecule has 1 aromatic rings. The summed E-state index contributed by atoms with van der Waals surface area (Å²) in [5.41, 5.74) is 7.86. The maximum Gasteiger partial charge on any atom is 0.108 e. The van der Waals surface area contributed by atoms with Gasteiger partial charge in [0.25, 0.3) is 0 Å². The van der Waals surface area contributed by atoms with E-state index in [-0.39, 0.29) is 0 Å². The van der Waals surface area contributed by atoms with Crippen LogP contribution in [0.25, 0.3) is 0 Å². The number of aryl methyl sites for hydroxylation is 1. The monoisotopic (exact) mass is 172 g/mol. The molecule has 2 rings (SSSR count). The predicted molar refractivity (Wildman–Crippen MR) is 51.0 cm³/mol. The first-order valence-electron chi connectivity index (χ1n) is 4.50. The highest BCUT2D eigenvalue weighted by Crippen LogP contribution is 2.26. The summed E-state index contributed by atoms with van der Waals surface area (Å²) in [5.74, 6) is 0. The van der Waals surface area contributed by atoms with Gasteiger partial charge in [-0.1, -0.05) is 24.3 Å². The summed E-state index contributed by atoms with van der Waals surface area (Å²) in [7, 11) is 0. The topological polar surface area (TPSA) is 49.8 Å². The van der Waals surface area contributed by atoms with E-state index in [9.17, 15) is 0 Å². The van der Waals surface area contributed by atoms with Gasteiger partial charge in [-0.05, 0) is 24.0 Å². The minimum Gasteiger partial charge on any atom is -0.313 e. The number of rotatable bonds is 0. The summed E-state index contributed by atoms with van der Waals surface area (Å²) >= 11 is 0. The lowest BCUT2D eigenvalue weighted by atomic mass is 9.80. The quantitative estimate of drug-likeness (QED) is 0.643. The lowest BCUT2D eigenvalue weighted by Crippen LogP contribution is -2.43. The van der Waals surface area contributed by atoms with Crippen molar-refractivity contribution in [3.63, 3.8) is 0 Å². The number of nitrogens with zero attached hydrogens (tertiary/aromatic N) is 1. The van der Waals surface area contributed by atoms with Gasteiger partial charge in [0.05, 0.1) is 6.07 Å². The molecule has 1 atom stereocenters. The van der Waals surface area contributed by atoms with Gasteiger partial charge in [-0.15, -0.1) is 0 Å². The Hall–Kier alpha value is -1.33. The van der Waals surface area contributed by atoms with E-state index >= 15 is 0 Å². The van der Waals surface area contributed by atoms with E-state index in [0.29, 0.717) is 6.42 Å². The lowest BCUT2D eigenvalue weighted by molar-refractivity contribution is 0.470. The number of nitriles is 1. The number of nitrogens with two attached hydrogens (primary N) is 1. The average Bonchev–Trinajstić information content (AvgIpc) is 2.18. The Kier molecular flexibility index (Phi) is 1.82. The highest BCUT2D eigenvalue weighted by atomic mass is 14.7. The molecule has 0 radical (unpaired) electrons. The first-order chi connectivity index (χ1) is 6.23. The zero-order valence-electron chi connectivity index (χ0n) is 7.46. The van der Waals surface area contributed by atoms with Gasteiger partial charge in [-0.25, -0.2) is 0 Å². The van der Waals surface area contributed by atoms with Gasteiger partial charge in [-0.2, -0.15) is 5.26 Å². The molecule has 66 valence electrons. The zero-order chi connectivity index (χ0) is 9.31. The molecule has 1 unspecified atom stereocenters. The Morgan fingerprint density at radius 1 is 1.31 bits per heavy atom. The highest BCUT2D eigenvalue weighted by molar-refractivity contribution is 5.34. The van der Waals surface area contributed by atoms with Crippen molar-refractivity contribution in [2.45, 2.75) is 24.8 Å². The highest BCUT2D eigenvalue weighted by Gasteiger charge is 2.29. The molecular formula is C11H12N2. The third kappa shape index (κ3) is 1.43. The first-order valence-corrected chi connectivity index (χ1v) is 4.50. The van der Waals surface area contributed by atoms with E-state index in [2.05, 4.69) is 18.2 Å². The van der Waals surface area contributed by atoms with E-state index in [1.807, 2.05) is 12.1 Å². The van der Waals surface area contributed by atoms with Gasteiger partial charge in [0, 0.05) is 6.42 Å². The van der Waals surface area contributed by atoms with Crippen LogP contribution in [0.3, 0.4) is 0 Å². The standard InChI is InChI=1S/C11H12N2/c12-8-11(13)6-5-9-3-1-2-4-10(9)7-11/h1-4H,5-7,13H2. The Labute approximate surface area is 78.0 Å². The van der Waals surface area contributed by atoms with E-state index in [0.717, 1.165) is 12.8 Å². The van der Waals surface area contributed by atoms with Crippen LogP contribution in [0.5, 0.6) is 0 Å². The minimum atomic E-state index is -0.631. The lowest BCUT2D eigenvalue weighted by Gasteiger charge is -2.28. The fourth-order valence-electron chi connectivity index (χ4n) is 1.86. The molecule has 0 amide bonds. The smallest absolute Gasteiger partial charge is 0.108 e. The van der Waals surface area contributed by atoms with Crippen LogP contribution < -0.4 is 5.73 Å². The molecule has 0 fully saturated rings. The van der Waals surface area contributed by atoms with E-state index in [4.69, 9.17) is 11.0 Å². The Bertz CT molecular complexity index is 365. The van der Waals surface area contributed by atoms with Crippen LogP contribution in [0.4, 0.5) is 0 Å². The maximum atomic E-state index is 8.90. The van der Waals surface area contributed by atoms with Crippen LogP contribution in [0.15, 0.2) is 24.3 Å². The molecule has 2 heteroatoms. The van der Waals surface area contributed by atoms with Crippen LogP contribution in [0, 0.1) is 11.3 Å². The summed E-state index contributed by atoms with van der Waals surface area (Å²) in [6.07, 6.45) is 2.40. The van der Waals surface area contributed by atoms with Gasteiger partial charge in [0.15, 0.2) is 0 Å². The van der Waals surface area contributed by atoms with Crippen LogP contribution in [0.2, 0.25) is 0 Å². The summed E-state index contributed by atoms with van der Waals surface area (Å²) in [5, 5.41) is 8.90. The molecule has 1 aliphatic rings. The fraction of sp³-hybridized carbons (Fsp3) is 0.364. The number of fused-ring (bicyclic) bond motifs is 1. The third-order valence-corrected chi connectivity index (χ3v) is 2.69. The Morgan fingerprint density at radius 3 is 2.69 bits per heavy atom. The molecule has 0 bridgehead atoms. The second kappa shape index (κ2) is 2.86. The van der Waals surface area contributed by atoms with Gasteiger partial charge in [0.1, 0.15) is 5.54 Å². The predicted octanol–water partition coefficient (Wildman–Crippen LogP) is 1.40. The largest absolute Gasteiger partial charge is 0.313 e. The normalized spacial score (nSPS) is 26.2. The average molecular weight is 172 g/mol. The van der Waals surface area contributed by atoms with Crippen molar-refractivity contribution in [3.8, 4) is 6.07 Å². The Morgan fingerprint density at radius 2 is 2.00 bits per heavy atom. The van der Waals surface area contributed by atoms with E-state index in [1.165, 1.54) is 11.1 Å². The van der Waals surface area contributed by atoms with Crippen molar-refractivity contribution in [1.82, 2.24) is 0 Å². The number of hydrogen-bond donors (Lipinski definition) is 1. The SMILES string of the molecule is N#CC1(N)CCc2ccccc2C1. The molecule has 0 spiro atoms. The van der Waals surface area contributed by atoms with Crippen LogP contribution >= 0.6 is 0 Å². The fourth-order valence-corrected chi connectivity index (χ4v) is 1.86. The molecule has 2 N–H and O–H groups in total. The van der Waals surface area contributed by atoms with Crippen molar-refractivity contribution in [2.75, 3.05) is 0 Å². The van der Waals surface area contributed by atoms with Crippen LogP contribution in [-0.4, -0.2) is 5.54 Å². The molecule has 1 aliphatic carbocycles. The molecule has 0 saturated heterocycles. The molecular weight excluding hydrogens is 160 g/mol. The van der Waals surface area contributed by atoms with Gasteiger partial charge < -0.3 is 5.73 Å². The van der Waals surface area contributed by atoms with Crippen LogP contribution in [0.1, 0.15) is 17.5 Å². The van der Waals surface area contributed by atoms with Crippen molar-refractivity contribution in [2.24, 2.45) is 5.73 Å². The van der Waals surface area contributed by atoms with Crippen molar-refractivity contribution in [1.29, 1.82) is 5.26 Å². The second-order valence-corrected chi connectivity index (χ2v) is 3.71. The summed E-state index contributed by atoms with van der Waals surface area (Å²) < 4.78 is 0. The molecule has 0 aromatic heterocycles. The summed E-state index contributed by atoms with van der Waals surface area (Å²) in [6.45, 7) is 0. The summed E-state index contributed by atoms with van der Waals surface area (Å²) in [4.78, 5) is 0.